The minimum absolute atomic E-state index is 0.000304. The van der Waals surface area contributed by atoms with E-state index in [0.29, 0.717) is 23.3 Å². The maximum atomic E-state index is 15.5. The monoisotopic (exact) mass is 1940 g/mol. The highest BCUT2D eigenvalue weighted by molar-refractivity contribution is 9.10. The largest absolute Gasteiger partial charge is 0.502 e. The lowest BCUT2D eigenvalue weighted by molar-refractivity contribution is -0.0200. The number of benzene rings is 8. The molecule has 37 heteroatoms. The first-order valence-corrected chi connectivity index (χ1v) is 52.1. The smallest absolute Gasteiger partial charge is 0.332 e. The summed E-state index contributed by atoms with van der Waals surface area (Å²) in [4.78, 5) is 90.0. The first-order valence-electron chi connectivity index (χ1n) is 41.0. The third-order valence-corrected chi connectivity index (χ3v) is 30.4. The van der Waals surface area contributed by atoms with Crippen LogP contribution in [0, 0.1) is 34.9 Å². The first-order chi connectivity index (χ1) is 61.9. The average Bonchev–Trinajstić information content (AvgIpc) is 1.67. The number of thioether (sulfide) groups is 3. The van der Waals surface area contributed by atoms with Gasteiger partial charge < -0.3 is 52.6 Å². The average molecular weight is 1940 g/mol. The lowest BCUT2D eigenvalue weighted by atomic mass is 9.93. The molecule has 129 heavy (non-hydrogen) atoms. The molecule has 8 aromatic carbocycles. The summed E-state index contributed by atoms with van der Waals surface area (Å²) in [6.45, 7) is 11.2. The van der Waals surface area contributed by atoms with Crippen LogP contribution >= 0.6 is 73.3 Å². The third-order valence-electron chi connectivity index (χ3n) is 23.5. The summed E-state index contributed by atoms with van der Waals surface area (Å²) in [7, 11) is -7.28. The van der Waals surface area contributed by atoms with E-state index in [1.165, 1.54) is 90.0 Å². The zero-order valence-corrected chi connectivity index (χ0v) is 76.9. The molecule has 24 nitrogen and oxygen atoms in total. The Morgan fingerprint density at radius 1 is 0.426 bits per heavy atom. The van der Waals surface area contributed by atoms with E-state index in [2.05, 4.69) is 15.9 Å². The Labute approximate surface area is 758 Å². The molecule has 1 N–H and O–H groups in total. The molecule has 3 amide bonds. The van der Waals surface area contributed by atoms with Crippen LogP contribution in [0.1, 0.15) is 111 Å². The molecular formula is C92H84BrF6N9O15P3S3+. The van der Waals surface area contributed by atoms with Crippen LogP contribution in [0.4, 0.5) is 26.3 Å². The molecule has 0 saturated carbocycles. The molecule has 0 bridgehead atoms. The molecule has 0 aliphatic carbocycles. The van der Waals surface area contributed by atoms with Gasteiger partial charge in [-0.2, -0.15) is 0 Å². The van der Waals surface area contributed by atoms with Gasteiger partial charge in [-0.3, -0.25) is 57.8 Å². The maximum absolute atomic E-state index is 15.5. The van der Waals surface area contributed by atoms with Crippen molar-refractivity contribution in [3.63, 3.8) is 0 Å². The number of morpholine rings is 3. The topological polar surface area (TPSA) is 254 Å². The maximum Gasteiger partial charge on any atom is 0.332 e. The molecular weight excluding hydrogens is 1850 g/mol. The van der Waals surface area contributed by atoms with Gasteiger partial charge in [0.05, 0.1) is 72.8 Å². The van der Waals surface area contributed by atoms with Gasteiger partial charge in [0.15, 0.2) is 69.2 Å². The zero-order chi connectivity index (χ0) is 90.9. The summed E-state index contributed by atoms with van der Waals surface area (Å²) < 4.78 is 161. The number of halogens is 7. The Morgan fingerprint density at radius 2 is 0.736 bits per heavy atom. The molecule has 6 atom stereocenters. The summed E-state index contributed by atoms with van der Waals surface area (Å²) in [5.74, 6) is -7.47. The lowest BCUT2D eigenvalue weighted by Gasteiger charge is -2.51. The van der Waals surface area contributed by atoms with E-state index in [0.717, 1.165) is 60.7 Å². The highest BCUT2D eigenvalue weighted by Crippen LogP contribution is 2.51. The third kappa shape index (κ3) is 17.0. The molecule has 3 fully saturated rings. The van der Waals surface area contributed by atoms with Crippen molar-refractivity contribution < 1.29 is 83.2 Å². The van der Waals surface area contributed by atoms with E-state index < -0.39 is 127 Å². The Morgan fingerprint density at radius 3 is 1.09 bits per heavy atom. The van der Waals surface area contributed by atoms with Gasteiger partial charge in [0, 0.05) is 86.9 Å². The van der Waals surface area contributed by atoms with E-state index in [1.54, 1.807) is 55.8 Å². The Hall–Kier alpha value is -10.6. The molecule has 3 aromatic heterocycles. The molecule has 0 radical (unpaired) electrons. The molecule has 6 unspecified atom stereocenters. The van der Waals surface area contributed by atoms with Crippen LogP contribution in [-0.2, 0) is 58.4 Å². The SMILES string of the molecule is CP(C)(=O)c1cn2c(c(O)c1=O)C(=O)N1CCOCC1N2C1c2ccccc2SCc2c1ccc(F)c2F.CP(C)(=O)c1cn2c(c(OCc3ccccc3)c1=O)C(=O)N1CCOCC1N2C1c2ccccc2SCc2c1ccc(F)c2F.C[P+](C)=O.O=C1c2c(OCc3ccccc3)c(=O)c(Br)cn2N(C2c3ccccc3SCc3c2ccc(F)c3F)C2COCCN12. The second-order valence-electron chi connectivity index (χ2n) is 32.4. The van der Waals surface area contributed by atoms with Crippen LogP contribution in [0.25, 0.3) is 0 Å². The minimum Gasteiger partial charge on any atom is -0.502 e. The standard InChI is InChI=1S/C33H30F2N3O5PS.C31H24BrF2N3O4S.C26H24F2N3O5PS.C2H6OP/c1-44(2,41)25-16-37-30(32(31(25)39)43-17-20-8-4-3-5-9-20)33(40)36-14-15-42-18-27(36)38(37)29-21-12-13-24(34)28(35)23(21)19-45-26-11-7-6-10-22(26)29;32-22-14-36-28(30(29(22)38)41-15-18-6-2-1-3-7-18)31(39)35-12-13-40-16-25(35)37(36)27-19-10-11-23(33)26(34)21(19)17-42-24-9-5-4-8-20(24)27;1-37(2,35)18-11-30-23(25(33)24(18)32)26(34)29-9-10-36-12-20(29)31(30)22-14-7-8-17(27)21(28)16(14)13-38-19-6-4-3-5-15(19)22;1-4(2)3/h3-13,16,27,29H,14-15,17-19H2,1-2H3;1-11,14,25,27H,12-13,15-17H2;3-8,11,20,22,33H,9-10,12-13H2,1-2H3;1-2H3/q;;;+1. The highest BCUT2D eigenvalue weighted by Gasteiger charge is 2.52. The zero-order valence-electron chi connectivity index (χ0n) is 70.2. The van der Waals surface area contributed by atoms with Crippen LogP contribution in [0.5, 0.6) is 17.2 Å². The summed E-state index contributed by atoms with van der Waals surface area (Å²) in [5.41, 5.74) is 4.08. The molecule has 11 aromatic rings. The molecule has 0 spiro atoms. The van der Waals surface area contributed by atoms with E-state index in [-0.39, 0.29) is 149 Å². The molecule has 9 aliphatic heterocycles. The van der Waals surface area contributed by atoms with E-state index >= 15 is 13.2 Å². The molecule has 9 aliphatic rings. The second-order valence-corrected chi connectivity index (χ2v) is 44.3. The van der Waals surface area contributed by atoms with E-state index in [9.17, 15) is 60.7 Å². The number of aromatic hydroxyl groups is 1. The van der Waals surface area contributed by atoms with Gasteiger partial charge in [0.1, 0.15) is 59.3 Å². The van der Waals surface area contributed by atoms with E-state index in [1.807, 2.05) is 143 Å². The van der Waals surface area contributed by atoms with Crippen molar-refractivity contribution in [3.05, 3.63) is 337 Å². The van der Waals surface area contributed by atoms with Crippen LogP contribution in [-0.4, -0.2) is 169 Å². The number of ether oxygens (including phenoxy) is 5. The minimum atomic E-state index is -3.21. The van der Waals surface area contributed by atoms with Gasteiger partial charge in [-0.25, -0.2) is 26.3 Å². The van der Waals surface area contributed by atoms with Crippen molar-refractivity contribution in [3.8, 4) is 17.2 Å². The quantitative estimate of drug-likeness (QED) is 0.0932. The van der Waals surface area contributed by atoms with Crippen molar-refractivity contribution >= 4 is 102 Å². The second kappa shape index (κ2) is 37.0. The van der Waals surface area contributed by atoms with Gasteiger partial charge in [-0.15, -0.1) is 35.3 Å². The van der Waals surface area contributed by atoms with E-state index in [4.69, 9.17) is 23.7 Å². The number of pyridine rings is 3. The van der Waals surface area contributed by atoms with Crippen molar-refractivity contribution in [1.82, 2.24) is 28.7 Å². The number of hydrogen-bond donors (Lipinski definition) is 1. The van der Waals surface area contributed by atoms with Gasteiger partial charge in [0.2, 0.25) is 16.3 Å². The highest BCUT2D eigenvalue weighted by atomic mass is 79.9. The van der Waals surface area contributed by atoms with Crippen LogP contribution < -0.4 is 51.4 Å². The number of aromatic nitrogens is 3. The number of nitrogens with zero attached hydrogens (tertiary/aromatic N) is 9. The molecule has 668 valence electrons. The summed E-state index contributed by atoms with van der Waals surface area (Å²) in [6.07, 6.45) is 2.34. The van der Waals surface area contributed by atoms with Crippen LogP contribution in [0.2, 0.25) is 0 Å². The summed E-state index contributed by atoms with van der Waals surface area (Å²) in [5, 5.41) is 16.4. The lowest BCUT2D eigenvalue weighted by Crippen LogP contribution is -2.66. The molecule has 3 saturated heterocycles. The predicted octanol–water partition coefficient (Wildman–Crippen LogP) is 15.0. The number of carbonyl (C=O) groups excluding carboxylic acids is 3. The fourth-order valence-electron chi connectivity index (χ4n) is 17.5. The van der Waals surface area contributed by atoms with Crippen molar-refractivity contribution in [1.29, 1.82) is 0 Å². The number of hydrogen-bond acceptors (Lipinski definition) is 21. The fourth-order valence-corrected chi connectivity index (χ4v) is 23.2. The van der Waals surface area contributed by atoms with Crippen molar-refractivity contribution in [2.45, 2.75) is 81.8 Å². The van der Waals surface area contributed by atoms with Gasteiger partial charge in [-0.1, -0.05) is 138 Å². The van der Waals surface area contributed by atoms with Crippen LogP contribution in [0.3, 0.4) is 0 Å². The normalized spacial score (nSPS) is 19.3. The Bertz CT molecular complexity index is 6660. The predicted molar refractivity (Wildman–Crippen MR) is 485 cm³/mol. The fraction of sp³-hybridized carbons (Fsp3) is 0.283. The van der Waals surface area contributed by atoms with Crippen LogP contribution in [0.15, 0.2) is 222 Å². The summed E-state index contributed by atoms with van der Waals surface area (Å²) >= 11 is 7.60. The van der Waals surface area contributed by atoms with Crippen molar-refractivity contribution in [2.24, 2.45) is 0 Å². The Kier molecular flexibility index (Phi) is 25.9. The summed E-state index contributed by atoms with van der Waals surface area (Å²) in [6, 6.07) is 47.3. The van der Waals surface area contributed by atoms with Gasteiger partial charge >= 0.3 is 7.80 Å². The van der Waals surface area contributed by atoms with Gasteiger partial charge in [0.25, 0.3) is 17.7 Å². The first kappa shape index (κ1) is 90.3. The van der Waals surface area contributed by atoms with Gasteiger partial charge in [-0.05, 0) is 123 Å². The number of carbonyl (C=O) groups is 3. The van der Waals surface area contributed by atoms with Crippen molar-refractivity contribution in [2.75, 3.05) is 114 Å². The molecule has 12 heterocycles. The number of amides is 3. The number of fused-ring (bicyclic) bond motifs is 12. The molecule has 20 rings (SSSR count). The number of rotatable bonds is 11. The Balaban J connectivity index is 0.000000133.